The number of hydrogen-bond donors (Lipinski definition) is 1. The van der Waals surface area contributed by atoms with Crippen molar-refractivity contribution in [2.75, 3.05) is 31.1 Å². The fraction of sp³-hybridized carbons (Fsp3) is 1.00. The fourth-order valence-corrected chi connectivity index (χ4v) is 4.44. The number of rotatable bonds is 5. The molecule has 2 aliphatic heterocycles. The maximum Gasteiger partial charge on any atom is 0.0249 e. The summed E-state index contributed by atoms with van der Waals surface area (Å²) in [6.07, 6.45) is 4.92. The SMILES string of the molecule is CC(C)C(CNC1CCS(=O)CC1)N1CCCC1. The van der Waals surface area contributed by atoms with Gasteiger partial charge in [-0.25, -0.2) is 0 Å². The van der Waals surface area contributed by atoms with Crippen molar-refractivity contribution in [2.24, 2.45) is 5.92 Å². The Morgan fingerprint density at radius 3 is 2.39 bits per heavy atom. The van der Waals surface area contributed by atoms with Gasteiger partial charge in [-0.15, -0.1) is 0 Å². The van der Waals surface area contributed by atoms with E-state index in [1.807, 2.05) is 0 Å². The molecule has 0 saturated carbocycles. The van der Waals surface area contributed by atoms with Crippen LogP contribution >= 0.6 is 0 Å². The number of nitrogens with one attached hydrogen (secondary N) is 1. The molecule has 1 unspecified atom stereocenters. The minimum absolute atomic E-state index is 0.536. The highest BCUT2D eigenvalue weighted by Crippen LogP contribution is 2.18. The van der Waals surface area contributed by atoms with Crippen LogP contribution in [0.4, 0.5) is 0 Å². The van der Waals surface area contributed by atoms with E-state index in [-0.39, 0.29) is 0 Å². The highest BCUT2D eigenvalue weighted by molar-refractivity contribution is 7.85. The van der Waals surface area contributed by atoms with Gasteiger partial charge in [-0.05, 0) is 44.7 Å². The van der Waals surface area contributed by atoms with E-state index < -0.39 is 10.8 Å². The maximum atomic E-state index is 11.3. The molecule has 1 N–H and O–H groups in total. The summed E-state index contributed by atoms with van der Waals surface area (Å²) in [4.78, 5) is 2.65. The van der Waals surface area contributed by atoms with Crippen LogP contribution in [0.1, 0.15) is 39.5 Å². The van der Waals surface area contributed by atoms with Crippen LogP contribution in [0.5, 0.6) is 0 Å². The Morgan fingerprint density at radius 1 is 1.22 bits per heavy atom. The smallest absolute Gasteiger partial charge is 0.0249 e. The molecule has 18 heavy (non-hydrogen) atoms. The molecule has 3 nitrogen and oxygen atoms in total. The van der Waals surface area contributed by atoms with Gasteiger partial charge in [0.25, 0.3) is 0 Å². The molecular weight excluding hydrogens is 244 g/mol. The number of likely N-dealkylation sites (tertiary alicyclic amines) is 1. The zero-order chi connectivity index (χ0) is 13.0. The predicted molar refractivity (Wildman–Crippen MR) is 78.3 cm³/mol. The molecule has 2 saturated heterocycles. The summed E-state index contributed by atoms with van der Waals surface area (Å²) in [6.45, 7) is 8.33. The lowest BCUT2D eigenvalue weighted by Gasteiger charge is -2.33. The van der Waals surface area contributed by atoms with Crippen molar-refractivity contribution >= 4 is 10.8 Å². The topological polar surface area (TPSA) is 32.3 Å². The van der Waals surface area contributed by atoms with Crippen LogP contribution < -0.4 is 5.32 Å². The first-order valence-corrected chi connectivity index (χ1v) is 8.98. The first-order valence-electron chi connectivity index (χ1n) is 7.49. The second-order valence-corrected chi connectivity index (χ2v) is 7.78. The standard InChI is InChI=1S/C14H28N2OS/c1-12(2)14(16-7-3-4-8-16)11-15-13-5-9-18(17)10-6-13/h12-15H,3-11H2,1-2H3. The number of hydrogen-bond acceptors (Lipinski definition) is 3. The van der Waals surface area contributed by atoms with E-state index in [1.165, 1.54) is 25.9 Å². The molecule has 0 aromatic heterocycles. The van der Waals surface area contributed by atoms with Crippen LogP contribution in [0, 0.1) is 5.92 Å². The van der Waals surface area contributed by atoms with Gasteiger partial charge in [0.15, 0.2) is 0 Å². The van der Waals surface area contributed by atoms with Crippen molar-refractivity contribution in [2.45, 2.75) is 51.6 Å². The van der Waals surface area contributed by atoms with E-state index in [4.69, 9.17) is 0 Å². The first kappa shape index (κ1) is 14.5. The molecule has 4 heteroatoms. The van der Waals surface area contributed by atoms with E-state index >= 15 is 0 Å². The average molecular weight is 272 g/mol. The molecule has 2 rings (SSSR count). The Hall–Kier alpha value is 0.0700. The van der Waals surface area contributed by atoms with E-state index in [0.717, 1.165) is 30.9 Å². The van der Waals surface area contributed by atoms with E-state index in [2.05, 4.69) is 24.1 Å². The lowest BCUT2D eigenvalue weighted by atomic mass is 10.0. The lowest BCUT2D eigenvalue weighted by Crippen LogP contribution is -2.48. The zero-order valence-corrected chi connectivity index (χ0v) is 12.7. The molecule has 0 bridgehead atoms. The van der Waals surface area contributed by atoms with E-state index in [0.29, 0.717) is 18.0 Å². The average Bonchev–Trinajstić information content (AvgIpc) is 2.85. The molecule has 0 radical (unpaired) electrons. The van der Waals surface area contributed by atoms with Crippen LogP contribution in [0.3, 0.4) is 0 Å². The molecule has 0 aromatic rings. The molecule has 1 atom stereocenters. The predicted octanol–water partition coefficient (Wildman–Crippen LogP) is 1.61. The Balaban J connectivity index is 1.76. The molecular formula is C14H28N2OS. The van der Waals surface area contributed by atoms with Gasteiger partial charge in [0.2, 0.25) is 0 Å². The van der Waals surface area contributed by atoms with Crippen LogP contribution in [0.2, 0.25) is 0 Å². The highest BCUT2D eigenvalue weighted by Gasteiger charge is 2.26. The third-order valence-electron chi connectivity index (χ3n) is 4.38. The van der Waals surface area contributed by atoms with Crippen LogP contribution in [0.15, 0.2) is 0 Å². The van der Waals surface area contributed by atoms with Gasteiger partial charge in [-0.3, -0.25) is 9.11 Å². The van der Waals surface area contributed by atoms with Crippen molar-refractivity contribution in [1.29, 1.82) is 0 Å². The summed E-state index contributed by atoms with van der Waals surface area (Å²) in [5.74, 6) is 2.51. The van der Waals surface area contributed by atoms with Crippen LogP contribution in [-0.4, -0.2) is 52.3 Å². The molecule has 0 aliphatic carbocycles. The maximum absolute atomic E-state index is 11.3. The normalized spacial score (nSPS) is 31.9. The summed E-state index contributed by atoms with van der Waals surface area (Å²) >= 11 is 0. The van der Waals surface area contributed by atoms with E-state index in [1.54, 1.807) is 0 Å². The van der Waals surface area contributed by atoms with Gasteiger partial charge in [0.05, 0.1) is 0 Å². The Bertz CT molecular complexity index is 267. The Kier molecular flexibility index (Phi) is 5.64. The quantitative estimate of drug-likeness (QED) is 0.825. The zero-order valence-electron chi connectivity index (χ0n) is 11.9. The minimum Gasteiger partial charge on any atom is -0.312 e. The molecule has 0 spiro atoms. The van der Waals surface area contributed by atoms with Gasteiger partial charge in [-0.2, -0.15) is 0 Å². The Labute approximate surface area is 114 Å². The molecule has 0 amide bonds. The van der Waals surface area contributed by atoms with Gasteiger partial charge in [0.1, 0.15) is 0 Å². The van der Waals surface area contributed by atoms with Gasteiger partial charge in [-0.1, -0.05) is 13.8 Å². The molecule has 2 heterocycles. The third kappa shape index (κ3) is 4.04. The van der Waals surface area contributed by atoms with Crippen molar-refractivity contribution in [3.63, 3.8) is 0 Å². The van der Waals surface area contributed by atoms with Crippen molar-refractivity contribution < 1.29 is 4.21 Å². The lowest BCUT2D eigenvalue weighted by molar-refractivity contribution is 0.181. The van der Waals surface area contributed by atoms with Gasteiger partial charge >= 0.3 is 0 Å². The summed E-state index contributed by atoms with van der Waals surface area (Å²) < 4.78 is 11.3. The fourth-order valence-electron chi connectivity index (χ4n) is 3.15. The second kappa shape index (κ2) is 7.01. The Morgan fingerprint density at radius 2 is 1.83 bits per heavy atom. The summed E-state index contributed by atoms with van der Waals surface area (Å²) in [5, 5.41) is 3.72. The third-order valence-corrected chi connectivity index (χ3v) is 5.76. The summed E-state index contributed by atoms with van der Waals surface area (Å²) in [5.41, 5.74) is 0. The van der Waals surface area contributed by atoms with Crippen LogP contribution in [0.25, 0.3) is 0 Å². The molecule has 2 fully saturated rings. The molecule has 106 valence electrons. The van der Waals surface area contributed by atoms with E-state index in [9.17, 15) is 4.21 Å². The van der Waals surface area contributed by atoms with Crippen molar-refractivity contribution in [1.82, 2.24) is 10.2 Å². The molecule has 2 aliphatic rings. The number of nitrogens with zero attached hydrogens (tertiary/aromatic N) is 1. The highest BCUT2D eigenvalue weighted by atomic mass is 32.2. The summed E-state index contributed by atoms with van der Waals surface area (Å²) in [6, 6.07) is 1.28. The second-order valence-electron chi connectivity index (χ2n) is 6.09. The largest absolute Gasteiger partial charge is 0.312 e. The van der Waals surface area contributed by atoms with Crippen molar-refractivity contribution in [3.05, 3.63) is 0 Å². The first-order chi connectivity index (χ1) is 8.66. The minimum atomic E-state index is -0.536. The summed E-state index contributed by atoms with van der Waals surface area (Å²) in [7, 11) is -0.536. The molecule has 0 aromatic carbocycles. The van der Waals surface area contributed by atoms with Crippen molar-refractivity contribution in [3.8, 4) is 0 Å². The van der Waals surface area contributed by atoms with Gasteiger partial charge < -0.3 is 5.32 Å². The monoisotopic (exact) mass is 272 g/mol. The van der Waals surface area contributed by atoms with Gasteiger partial charge in [0, 0.05) is 40.9 Å². The van der Waals surface area contributed by atoms with Crippen LogP contribution in [-0.2, 0) is 10.8 Å².